The van der Waals surface area contributed by atoms with Gasteiger partial charge in [0.1, 0.15) is 5.75 Å². The van der Waals surface area contributed by atoms with E-state index in [0.29, 0.717) is 24.2 Å². The summed E-state index contributed by atoms with van der Waals surface area (Å²) in [4.78, 5) is 16.4. The number of carbonyl (C=O) groups excluding carboxylic acids is 1. The van der Waals surface area contributed by atoms with Crippen molar-refractivity contribution in [2.45, 2.75) is 19.7 Å². The third kappa shape index (κ3) is 5.90. The second-order valence-corrected chi connectivity index (χ2v) is 6.72. The number of para-hydroxylation sites is 1. The molecule has 2 aromatic rings. The molecule has 8 heteroatoms. The minimum absolute atomic E-state index is 0.0648. The number of rotatable bonds is 6. The molecule has 0 unspecified atom stereocenters. The van der Waals surface area contributed by atoms with Crippen molar-refractivity contribution in [3.8, 4) is 11.8 Å². The monoisotopic (exact) mass is 400 g/mol. The van der Waals surface area contributed by atoms with Crippen LogP contribution in [0, 0.1) is 11.3 Å². The van der Waals surface area contributed by atoms with E-state index in [1.807, 2.05) is 12.1 Å². The van der Waals surface area contributed by atoms with E-state index in [-0.39, 0.29) is 18.3 Å². The average Bonchev–Trinajstić information content (AvgIpc) is 2.73. The van der Waals surface area contributed by atoms with Crippen LogP contribution < -0.4 is 10.1 Å². The van der Waals surface area contributed by atoms with Crippen molar-refractivity contribution in [1.29, 1.82) is 5.26 Å². The molecule has 3 rings (SSSR count). The van der Waals surface area contributed by atoms with Gasteiger partial charge in [-0.15, -0.1) is 0 Å². The maximum absolute atomic E-state index is 12.5. The lowest BCUT2D eigenvalue weighted by molar-refractivity contribution is -0.0504. The van der Waals surface area contributed by atoms with Crippen molar-refractivity contribution in [1.82, 2.24) is 15.1 Å². The first-order chi connectivity index (χ1) is 14.0. The molecule has 152 valence electrons. The van der Waals surface area contributed by atoms with Gasteiger partial charge in [-0.1, -0.05) is 30.3 Å². The van der Waals surface area contributed by atoms with Crippen LogP contribution in [0.3, 0.4) is 0 Å². The number of amides is 2. The van der Waals surface area contributed by atoms with E-state index >= 15 is 0 Å². The minimum atomic E-state index is -2.91. The van der Waals surface area contributed by atoms with Crippen LogP contribution in [-0.4, -0.2) is 48.6 Å². The van der Waals surface area contributed by atoms with Crippen LogP contribution in [0.25, 0.3) is 0 Å². The molecule has 29 heavy (non-hydrogen) atoms. The molecule has 0 aromatic heterocycles. The number of piperazine rings is 1. The van der Waals surface area contributed by atoms with Crippen LogP contribution in [0.4, 0.5) is 13.6 Å². The van der Waals surface area contributed by atoms with Gasteiger partial charge in [0.15, 0.2) is 0 Å². The van der Waals surface area contributed by atoms with E-state index in [4.69, 9.17) is 5.26 Å². The number of urea groups is 1. The first kappa shape index (κ1) is 20.6. The van der Waals surface area contributed by atoms with E-state index in [9.17, 15) is 13.6 Å². The van der Waals surface area contributed by atoms with E-state index in [0.717, 1.165) is 25.2 Å². The Bertz CT molecular complexity index is 860. The first-order valence-electron chi connectivity index (χ1n) is 9.32. The fourth-order valence-electron chi connectivity index (χ4n) is 3.20. The number of nitriles is 1. The fraction of sp³-hybridized carbons (Fsp3) is 0.333. The first-order valence-corrected chi connectivity index (χ1v) is 9.32. The highest BCUT2D eigenvalue weighted by molar-refractivity contribution is 5.74. The average molecular weight is 400 g/mol. The smallest absolute Gasteiger partial charge is 0.387 e. The number of halogens is 2. The van der Waals surface area contributed by atoms with Crippen molar-refractivity contribution in [3.63, 3.8) is 0 Å². The minimum Gasteiger partial charge on any atom is -0.434 e. The zero-order valence-electron chi connectivity index (χ0n) is 15.9. The Morgan fingerprint density at radius 2 is 1.79 bits per heavy atom. The standard InChI is InChI=1S/C21H22F2N4O2/c22-20(23)29-19-4-2-1-3-18(19)14-25-21(28)27-11-9-26(10-12-27)15-17-7-5-16(13-24)6-8-17/h1-8,20H,9-12,14-15H2,(H,25,28). The molecule has 0 aliphatic carbocycles. The van der Waals surface area contributed by atoms with Gasteiger partial charge in [0.25, 0.3) is 0 Å². The van der Waals surface area contributed by atoms with E-state index in [1.165, 1.54) is 6.07 Å². The van der Waals surface area contributed by atoms with Crippen LogP contribution in [0.5, 0.6) is 5.75 Å². The number of nitrogens with one attached hydrogen (secondary N) is 1. The van der Waals surface area contributed by atoms with E-state index in [2.05, 4.69) is 21.0 Å². The van der Waals surface area contributed by atoms with Gasteiger partial charge in [-0.3, -0.25) is 4.90 Å². The summed E-state index contributed by atoms with van der Waals surface area (Å²) in [5, 5.41) is 11.6. The van der Waals surface area contributed by atoms with Crippen molar-refractivity contribution >= 4 is 6.03 Å². The lowest BCUT2D eigenvalue weighted by Gasteiger charge is -2.34. The van der Waals surface area contributed by atoms with Gasteiger partial charge in [0.05, 0.1) is 11.6 Å². The molecule has 0 atom stereocenters. The van der Waals surface area contributed by atoms with Crippen molar-refractivity contribution in [2.75, 3.05) is 26.2 Å². The largest absolute Gasteiger partial charge is 0.434 e. The Labute approximate surface area is 168 Å². The Balaban J connectivity index is 1.46. The Morgan fingerprint density at radius 1 is 1.10 bits per heavy atom. The molecule has 2 aromatic carbocycles. The van der Waals surface area contributed by atoms with Crippen molar-refractivity contribution in [2.24, 2.45) is 0 Å². The molecule has 6 nitrogen and oxygen atoms in total. The second kappa shape index (κ2) is 9.85. The Hall–Kier alpha value is -3.18. The molecular weight excluding hydrogens is 378 g/mol. The molecule has 1 aliphatic rings. The molecule has 0 radical (unpaired) electrons. The molecule has 1 heterocycles. The molecule has 1 aliphatic heterocycles. The number of ether oxygens (including phenoxy) is 1. The summed E-state index contributed by atoms with van der Waals surface area (Å²) >= 11 is 0. The van der Waals surface area contributed by atoms with E-state index < -0.39 is 6.61 Å². The topological polar surface area (TPSA) is 68.6 Å². The highest BCUT2D eigenvalue weighted by atomic mass is 19.3. The van der Waals surface area contributed by atoms with Crippen molar-refractivity contribution in [3.05, 3.63) is 65.2 Å². The molecule has 2 amide bonds. The van der Waals surface area contributed by atoms with E-state index in [1.54, 1.807) is 35.2 Å². The summed E-state index contributed by atoms with van der Waals surface area (Å²) < 4.78 is 29.5. The van der Waals surface area contributed by atoms with Gasteiger partial charge in [-0.25, -0.2) is 4.79 Å². The number of carbonyl (C=O) groups is 1. The van der Waals surface area contributed by atoms with Gasteiger partial charge in [-0.2, -0.15) is 14.0 Å². The SMILES string of the molecule is N#Cc1ccc(CN2CCN(C(=O)NCc3ccccc3OC(F)F)CC2)cc1. The van der Waals surface area contributed by atoms with Crippen LogP contribution in [0.2, 0.25) is 0 Å². The summed E-state index contributed by atoms with van der Waals surface area (Å²) in [7, 11) is 0. The summed E-state index contributed by atoms with van der Waals surface area (Å²) in [5.41, 5.74) is 2.26. The fourth-order valence-corrected chi connectivity index (χ4v) is 3.20. The summed E-state index contributed by atoms with van der Waals surface area (Å²) in [5.74, 6) is 0.0648. The summed E-state index contributed by atoms with van der Waals surface area (Å²) in [6.07, 6.45) is 0. The van der Waals surface area contributed by atoms with Crippen LogP contribution >= 0.6 is 0 Å². The molecular formula is C21H22F2N4O2. The maximum Gasteiger partial charge on any atom is 0.387 e. The predicted molar refractivity (Wildman–Crippen MR) is 103 cm³/mol. The van der Waals surface area contributed by atoms with Crippen molar-refractivity contribution < 1.29 is 18.3 Å². The van der Waals surface area contributed by atoms with Crippen LogP contribution in [-0.2, 0) is 13.1 Å². The third-order valence-electron chi connectivity index (χ3n) is 4.77. The lowest BCUT2D eigenvalue weighted by atomic mass is 10.1. The number of hydrogen-bond acceptors (Lipinski definition) is 4. The molecule has 0 saturated carbocycles. The third-order valence-corrected chi connectivity index (χ3v) is 4.77. The normalized spacial score (nSPS) is 14.5. The van der Waals surface area contributed by atoms with Gasteiger partial charge < -0.3 is 15.0 Å². The van der Waals surface area contributed by atoms with Crippen LogP contribution in [0.1, 0.15) is 16.7 Å². The number of alkyl halides is 2. The summed E-state index contributed by atoms with van der Waals surface area (Å²) in [6, 6.07) is 15.8. The number of benzene rings is 2. The Kier molecular flexibility index (Phi) is 6.98. The highest BCUT2D eigenvalue weighted by Gasteiger charge is 2.21. The van der Waals surface area contributed by atoms with Crippen LogP contribution in [0.15, 0.2) is 48.5 Å². The zero-order chi connectivity index (χ0) is 20.6. The second-order valence-electron chi connectivity index (χ2n) is 6.72. The molecule has 0 bridgehead atoms. The zero-order valence-corrected chi connectivity index (χ0v) is 15.9. The summed E-state index contributed by atoms with van der Waals surface area (Å²) in [6.45, 7) is 0.606. The quantitative estimate of drug-likeness (QED) is 0.809. The van der Waals surface area contributed by atoms with Gasteiger partial charge in [-0.05, 0) is 23.8 Å². The molecule has 1 saturated heterocycles. The van der Waals surface area contributed by atoms with Gasteiger partial charge >= 0.3 is 12.6 Å². The maximum atomic E-state index is 12.5. The number of nitrogens with zero attached hydrogens (tertiary/aromatic N) is 3. The predicted octanol–water partition coefficient (Wildman–Crippen LogP) is 3.19. The lowest BCUT2D eigenvalue weighted by Crippen LogP contribution is -2.51. The van der Waals surface area contributed by atoms with Gasteiger partial charge in [0, 0.05) is 44.8 Å². The molecule has 1 N–H and O–H groups in total. The highest BCUT2D eigenvalue weighted by Crippen LogP contribution is 2.20. The molecule has 1 fully saturated rings. The Morgan fingerprint density at radius 3 is 2.45 bits per heavy atom. The van der Waals surface area contributed by atoms with Gasteiger partial charge in [0.2, 0.25) is 0 Å². The molecule has 0 spiro atoms. The number of hydrogen-bond donors (Lipinski definition) is 1.